The molecule has 8 heteroatoms. The maximum absolute atomic E-state index is 14.6. The Labute approximate surface area is 273 Å². The number of sulfonamides is 1. The minimum absolute atomic E-state index is 0.0630. The van der Waals surface area contributed by atoms with Gasteiger partial charge in [-0.1, -0.05) is 108 Å². The Morgan fingerprint density at radius 1 is 0.739 bits per heavy atom. The molecule has 5 rings (SSSR count). The van der Waals surface area contributed by atoms with Gasteiger partial charge in [0.2, 0.25) is 11.8 Å². The maximum Gasteiger partial charge on any atom is 0.264 e. The first kappa shape index (κ1) is 32.9. The van der Waals surface area contributed by atoms with Crippen molar-refractivity contribution < 1.29 is 18.0 Å². The van der Waals surface area contributed by atoms with Crippen LogP contribution in [0, 0.1) is 20.8 Å². The fourth-order valence-corrected chi connectivity index (χ4v) is 7.30. The molecule has 0 radical (unpaired) electrons. The summed E-state index contributed by atoms with van der Waals surface area (Å²) < 4.78 is 29.5. The number of rotatable bonds is 12. The van der Waals surface area contributed by atoms with Crippen LogP contribution in [0.25, 0.3) is 0 Å². The van der Waals surface area contributed by atoms with Crippen LogP contribution in [0.4, 0.5) is 5.69 Å². The van der Waals surface area contributed by atoms with Crippen molar-refractivity contribution in [2.75, 3.05) is 10.8 Å². The van der Waals surface area contributed by atoms with Crippen molar-refractivity contribution in [3.8, 4) is 0 Å². The molecule has 240 valence electrons. The molecule has 1 aliphatic carbocycles. The van der Waals surface area contributed by atoms with Crippen LogP contribution in [0.2, 0.25) is 0 Å². The summed E-state index contributed by atoms with van der Waals surface area (Å²) in [5, 5.41) is 3.22. The molecular formula is C38H43N3O4S. The van der Waals surface area contributed by atoms with Crippen molar-refractivity contribution in [3.63, 3.8) is 0 Å². The van der Waals surface area contributed by atoms with Crippen molar-refractivity contribution in [3.05, 3.63) is 131 Å². The van der Waals surface area contributed by atoms with Crippen LogP contribution in [0.15, 0.2) is 108 Å². The zero-order chi connectivity index (χ0) is 32.7. The molecule has 0 unspecified atom stereocenters. The summed E-state index contributed by atoms with van der Waals surface area (Å²) in [6, 6.07) is 30.4. The minimum atomic E-state index is -4.13. The summed E-state index contributed by atoms with van der Waals surface area (Å²) in [4.78, 5) is 30.4. The van der Waals surface area contributed by atoms with Gasteiger partial charge in [-0.05, 0) is 69.0 Å². The van der Waals surface area contributed by atoms with E-state index in [0.29, 0.717) is 12.1 Å². The van der Waals surface area contributed by atoms with Crippen LogP contribution in [-0.4, -0.2) is 43.8 Å². The Balaban J connectivity index is 1.55. The molecule has 7 nitrogen and oxygen atoms in total. The topological polar surface area (TPSA) is 86.8 Å². The van der Waals surface area contributed by atoms with Crippen LogP contribution in [0.1, 0.15) is 53.5 Å². The smallest absolute Gasteiger partial charge is 0.264 e. The van der Waals surface area contributed by atoms with Gasteiger partial charge in [-0.2, -0.15) is 0 Å². The summed E-state index contributed by atoms with van der Waals surface area (Å²) in [6.45, 7) is 5.50. The molecule has 46 heavy (non-hydrogen) atoms. The molecule has 0 aliphatic heterocycles. The zero-order valence-corrected chi connectivity index (χ0v) is 27.7. The van der Waals surface area contributed by atoms with Gasteiger partial charge in [-0.25, -0.2) is 8.42 Å². The Bertz CT molecular complexity index is 1720. The van der Waals surface area contributed by atoms with Gasteiger partial charge in [-0.3, -0.25) is 13.9 Å². The monoisotopic (exact) mass is 637 g/mol. The van der Waals surface area contributed by atoms with Crippen molar-refractivity contribution in [2.24, 2.45) is 0 Å². The third-order valence-corrected chi connectivity index (χ3v) is 10.4. The predicted octanol–water partition coefficient (Wildman–Crippen LogP) is 6.51. The van der Waals surface area contributed by atoms with E-state index in [4.69, 9.17) is 0 Å². The van der Waals surface area contributed by atoms with E-state index in [9.17, 15) is 18.0 Å². The number of benzene rings is 4. The van der Waals surface area contributed by atoms with Crippen molar-refractivity contribution >= 4 is 27.5 Å². The van der Waals surface area contributed by atoms with Crippen LogP contribution in [-0.2, 0) is 32.6 Å². The molecule has 1 atom stereocenters. The molecule has 0 spiro atoms. The van der Waals surface area contributed by atoms with E-state index >= 15 is 0 Å². The average Bonchev–Trinajstić information content (AvgIpc) is 3.56. The number of aryl methyl sites for hydroxylation is 3. The lowest BCUT2D eigenvalue weighted by atomic mass is 10.0. The highest BCUT2D eigenvalue weighted by Gasteiger charge is 2.35. The minimum Gasteiger partial charge on any atom is -0.352 e. The van der Waals surface area contributed by atoms with Crippen LogP contribution in [0.5, 0.6) is 0 Å². The first-order valence-electron chi connectivity index (χ1n) is 16.0. The van der Waals surface area contributed by atoms with E-state index in [1.54, 1.807) is 41.3 Å². The highest BCUT2D eigenvalue weighted by atomic mass is 32.2. The Kier molecular flexibility index (Phi) is 10.6. The molecule has 2 amide bonds. The molecular weight excluding hydrogens is 595 g/mol. The second-order valence-corrected chi connectivity index (χ2v) is 14.2. The number of nitrogens with zero attached hydrogens (tertiary/aromatic N) is 2. The van der Waals surface area contributed by atoms with Gasteiger partial charge in [0.1, 0.15) is 12.6 Å². The van der Waals surface area contributed by atoms with Gasteiger partial charge in [0.25, 0.3) is 10.0 Å². The Hall–Kier alpha value is -4.43. The van der Waals surface area contributed by atoms with Crippen molar-refractivity contribution in [2.45, 2.75) is 76.4 Å². The molecule has 4 aromatic rings. The standard InChI is InChI=1S/C38H43N3O4S/c1-28-13-19-32(20-14-28)26-40(36(25-31-9-5-4-6-10-31)38(43)39-33-11-7-8-12-33)37(42)27-41(34-21-15-29(2)16-22-34)46(44,45)35-23-17-30(3)18-24-35/h4-6,9-10,13-24,33,36H,7-8,11-12,25-27H2,1-3H3,(H,39,43)/t36-/m1/s1. The second-order valence-electron chi connectivity index (χ2n) is 12.4. The first-order valence-corrected chi connectivity index (χ1v) is 17.4. The lowest BCUT2D eigenvalue weighted by Crippen LogP contribution is -2.54. The SMILES string of the molecule is Cc1ccc(CN(C(=O)CN(c2ccc(C)cc2)S(=O)(=O)c2ccc(C)cc2)[C@H](Cc2ccccc2)C(=O)NC2CCCC2)cc1. The number of anilines is 1. The van der Waals surface area contributed by atoms with Crippen LogP contribution in [0.3, 0.4) is 0 Å². The van der Waals surface area contributed by atoms with E-state index in [1.165, 1.54) is 0 Å². The molecule has 0 heterocycles. The fraction of sp³-hybridized carbons (Fsp3) is 0.316. The normalized spacial score (nSPS) is 14.1. The van der Waals surface area contributed by atoms with Crippen molar-refractivity contribution in [1.29, 1.82) is 0 Å². The van der Waals surface area contributed by atoms with E-state index in [0.717, 1.165) is 57.8 Å². The highest BCUT2D eigenvalue weighted by Crippen LogP contribution is 2.26. The van der Waals surface area contributed by atoms with Gasteiger partial charge in [0.05, 0.1) is 10.6 Å². The number of hydrogen-bond donors (Lipinski definition) is 1. The molecule has 1 fully saturated rings. The van der Waals surface area contributed by atoms with Gasteiger partial charge >= 0.3 is 0 Å². The summed E-state index contributed by atoms with van der Waals surface area (Å²) in [6.07, 6.45) is 4.23. The highest BCUT2D eigenvalue weighted by molar-refractivity contribution is 7.92. The van der Waals surface area contributed by atoms with E-state index < -0.39 is 28.5 Å². The lowest BCUT2D eigenvalue weighted by molar-refractivity contribution is -0.140. The quantitative estimate of drug-likeness (QED) is 0.192. The van der Waals surface area contributed by atoms with Gasteiger partial charge in [0, 0.05) is 19.0 Å². The number of carbonyl (C=O) groups excluding carboxylic acids is 2. The fourth-order valence-electron chi connectivity index (χ4n) is 5.89. The third kappa shape index (κ3) is 8.23. The summed E-state index contributed by atoms with van der Waals surface area (Å²) in [5.41, 5.74) is 5.13. The van der Waals surface area contributed by atoms with Gasteiger partial charge in [0.15, 0.2) is 0 Å². The Morgan fingerprint density at radius 3 is 1.87 bits per heavy atom. The first-order chi connectivity index (χ1) is 22.1. The summed E-state index contributed by atoms with van der Waals surface area (Å²) in [7, 11) is -4.13. The molecule has 4 aromatic carbocycles. The van der Waals surface area contributed by atoms with E-state index in [2.05, 4.69) is 5.32 Å². The van der Waals surface area contributed by atoms with Crippen LogP contribution >= 0.6 is 0 Å². The molecule has 0 saturated heterocycles. The molecule has 1 saturated carbocycles. The molecule has 1 N–H and O–H groups in total. The summed E-state index contributed by atoms with van der Waals surface area (Å²) in [5.74, 6) is -0.682. The van der Waals surface area contributed by atoms with Gasteiger partial charge in [-0.15, -0.1) is 0 Å². The van der Waals surface area contributed by atoms with Crippen LogP contribution < -0.4 is 9.62 Å². The molecule has 0 bridgehead atoms. The predicted molar refractivity (Wildman–Crippen MR) is 183 cm³/mol. The lowest BCUT2D eigenvalue weighted by Gasteiger charge is -2.34. The molecule has 1 aliphatic rings. The summed E-state index contributed by atoms with van der Waals surface area (Å²) >= 11 is 0. The second kappa shape index (κ2) is 14.8. The number of nitrogens with one attached hydrogen (secondary N) is 1. The number of amides is 2. The average molecular weight is 638 g/mol. The number of hydrogen-bond acceptors (Lipinski definition) is 4. The Morgan fingerprint density at radius 2 is 1.28 bits per heavy atom. The molecule has 0 aromatic heterocycles. The van der Waals surface area contributed by atoms with E-state index in [-0.39, 0.29) is 23.4 Å². The largest absolute Gasteiger partial charge is 0.352 e. The van der Waals surface area contributed by atoms with Crippen molar-refractivity contribution in [1.82, 2.24) is 10.2 Å². The zero-order valence-electron chi connectivity index (χ0n) is 26.9. The third-order valence-electron chi connectivity index (χ3n) is 8.66. The van der Waals surface area contributed by atoms with E-state index in [1.807, 2.05) is 87.5 Å². The van der Waals surface area contributed by atoms with Gasteiger partial charge < -0.3 is 10.2 Å². The number of carbonyl (C=O) groups is 2. The maximum atomic E-state index is 14.6.